The number of rotatable bonds is 7. The molecule has 12 heteroatoms. The topological polar surface area (TPSA) is 117 Å². The van der Waals surface area contributed by atoms with Crippen LogP contribution in [0.15, 0.2) is 64.8 Å². The maximum atomic E-state index is 14.9. The summed E-state index contributed by atoms with van der Waals surface area (Å²) in [6.45, 7) is 9.98. The first-order valence-corrected chi connectivity index (χ1v) is 15.9. The van der Waals surface area contributed by atoms with Gasteiger partial charge >= 0.3 is 6.09 Å². The molecule has 1 aromatic heterocycles. The van der Waals surface area contributed by atoms with E-state index >= 15 is 0 Å². The van der Waals surface area contributed by atoms with E-state index in [2.05, 4.69) is 25.5 Å². The molecule has 2 aliphatic rings. The summed E-state index contributed by atoms with van der Waals surface area (Å²) < 4.78 is 20.3. The second-order valence-electron chi connectivity index (χ2n) is 12.7. The maximum absolute atomic E-state index is 14.9. The van der Waals surface area contributed by atoms with Gasteiger partial charge in [0, 0.05) is 60.7 Å². The van der Waals surface area contributed by atoms with Crippen LogP contribution in [0.25, 0.3) is 0 Å². The Morgan fingerprint density at radius 1 is 0.978 bits per heavy atom. The van der Waals surface area contributed by atoms with Crippen LogP contribution in [0.1, 0.15) is 63.7 Å². The number of ketones is 1. The molecular formula is C33H39FN6O4S. The van der Waals surface area contributed by atoms with Gasteiger partial charge in [-0.25, -0.2) is 19.2 Å². The summed E-state index contributed by atoms with van der Waals surface area (Å²) in [5, 5.41) is 6.57. The number of hydrogen-bond acceptors (Lipinski definition) is 9. The van der Waals surface area contributed by atoms with Gasteiger partial charge in [0.1, 0.15) is 28.0 Å². The highest BCUT2D eigenvalue weighted by Gasteiger charge is 2.33. The van der Waals surface area contributed by atoms with Crippen molar-refractivity contribution in [3.63, 3.8) is 0 Å². The third-order valence-corrected chi connectivity index (χ3v) is 8.70. The third kappa shape index (κ3) is 8.72. The number of anilines is 3. The minimum absolute atomic E-state index is 0.185. The molecule has 0 radical (unpaired) electrons. The lowest BCUT2D eigenvalue weighted by molar-refractivity contribution is -0.119. The Morgan fingerprint density at radius 2 is 1.71 bits per heavy atom. The predicted octanol–water partition coefficient (Wildman–Crippen LogP) is 6.07. The van der Waals surface area contributed by atoms with Crippen molar-refractivity contribution in [3.8, 4) is 0 Å². The van der Waals surface area contributed by atoms with Crippen molar-refractivity contribution < 1.29 is 23.5 Å². The maximum Gasteiger partial charge on any atom is 0.408 e. The van der Waals surface area contributed by atoms with Crippen molar-refractivity contribution in [1.82, 2.24) is 15.3 Å². The van der Waals surface area contributed by atoms with Crippen molar-refractivity contribution in [3.05, 3.63) is 66.2 Å². The summed E-state index contributed by atoms with van der Waals surface area (Å²) in [7, 11) is 0. The van der Waals surface area contributed by atoms with Gasteiger partial charge in [-0.05, 0) is 76.9 Å². The molecule has 2 amide bonds. The Hall–Kier alpha value is -4.19. The molecule has 0 spiro atoms. The van der Waals surface area contributed by atoms with E-state index in [1.807, 2.05) is 50.8 Å². The number of aromatic nitrogens is 2. The molecule has 238 valence electrons. The third-order valence-electron chi connectivity index (χ3n) is 7.79. The number of Topliss-reactive ketones (excluding diaryl/α,β-unsaturated/α-hetero) is 1. The van der Waals surface area contributed by atoms with Crippen LogP contribution < -0.4 is 20.4 Å². The van der Waals surface area contributed by atoms with E-state index < -0.39 is 23.4 Å². The van der Waals surface area contributed by atoms with E-state index in [1.165, 1.54) is 17.8 Å². The second kappa shape index (κ2) is 13.4. The molecule has 2 aromatic carbocycles. The fourth-order valence-electron chi connectivity index (χ4n) is 5.29. The number of halogens is 1. The van der Waals surface area contributed by atoms with Gasteiger partial charge in [0.2, 0.25) is 0 Å². The lowest BCUT2D eigenvalue weighted by Gasteiger charge is -2.40. The minimum Gasteiger partial charge on any atom is -0.444 e. The van der Waals surface area contributed by atoms with Gasteiger partial charge in [0.05, 0.1) is 18.1 Å². The van der Waals surface area contributed by atoms with Gasteiger partial charge < -0.3 is 25.2 Å². The van der Waals surface area contributed by atoms with Gasteiger partial charge in [-0.2, -0.15) is 0 Å². The van der Waals surface area contributed by atoms with Crippen molar-refractivity contribution in [1.29, 1.82) is 0 Å². The van der Waals surface area contributed by atoms with Crippen LogP contribution >= 0.6 is 11.8 Å². The average molecular weight is 635 g/mol. The van der Waals surface area contributed by atoms with Crippen LogP contribution in [0, 0.1) is 5.82 Å². The molecule has 5 rings (SSSR count). The number of nitrogens with zero attached hydrogens (tertiary/aromatic N) is 4. The largest absolute Gasteiger partial charge is 0.444 e. The number of carbonyl (C=O) groups excluding carboxylic acids is 3. The van der Waals surface area contributed by atoms with E-state index in [0.29, 0.717) is 42.3 Å². The summed E-state index contributed by atoms with van der Waals surface area (Å²) in [5.74, 6) is 0.0510. The number of carbonyl (C=O) groups is 3. The van der Waals surface area contributed by atoms with Crippen LogP contribution in [0.3, 0.4) is 0 Å². The first-order chi connectivity index (χ1) is 21.4. The number of alkyl carbamates (subject to hydrolysis) is 1. The standard InChI is InChI=1S/C33H39FN6O4S/c1-32(2,3)44-31(43)38-33(4)12-16-40(17-13-33)28-20-36-29(21-35-28)45-25-7-5-6-23(19-25)37-30(42)22-8-9-27(26(34)18-22)39-14-10-24(41)11-15-39/h5-9,18-21H,10-17H2,1-4H3,(H,37,42)(H,38,43). The molecule has 3 heterocycles. The SMILES string of the molecule is CC1(NC(=O)OC(C)(C)C)CCN(c2cnc(Sc3cccc(NC(=O)c4ccc(N5CCC(=O)CC5)c(F)c4)c3)cn2)CC1. The molecule has 0 bridgehead atoms. The smallest absolute Gasteiger partial charge is 0.408 e. The van der Waals surface area contributed by atoms with Crippen LogP contribution in [0.4, 0.5) is 26.4 Å². The number of piperidine rings is 2. The Morgan fingerprint density at radius 3 is 2.36 bits per heavy atom. The molecule has 45 heavy (non-hydrogen) atoms. The normalized spacial score (nSPS) is 16.7. The van der Waals surface area contributed by atoms with Crippen molar-refractivity contribution >= 4 is 46.7 Å². The molecule has 0 atom stereocenters. The summed E-state index contributed by atoms with van der Waals surface area (Å²) in [4.78, 5) is 50.8. The van der Waals surface area contributed by atoms with Crippen LogP contribution in [-0.2, 0) is 9.53 Å². The van der Waals surface area contributed by atoms with Gasteiger partial charge in [-0.3, -0.25) is 9.59 Å². The van der Waals surface area contributed by atoms with E-state index in [1.54, 1.807) is 30.6 Å². The zero-order chi connectivity index (χ0) is 32.2. The van der Waals surface area contributed by atoms with Crippen LogP contribution in [0.5, 0.6) is 0 Å². The van der Waals surface area contributed by atoms with Crippen molar-refractivity contribution in [2.75, 3.05) is 41.3 Å². The summed E-state index contributed by atoms with van der Waals surface area (Å²) >= 11 is 1.42. The highest BCUT2D eigenvalue weighted by molar-refractivity contribution is 7.99. The van der Waals surface area contributed by atoms with Crippen molar-refractivity contribution in [2.45, 2.75) is 74.4 Å². The van der Waals surface area contributed by atoms with E-state index in [-0.39, 0.29) is 16.9 Å². The molecule has 2 saturated heterocycles. The van der Waals surface area contributed by atoms with Gasteiger partial charge in [-0.15, -0.1) is 0 Å². The molecule has 0 aliphatic carbocycles. The minimum atomic E-state index is -0.544. The number of ether oxygens (including phenoxy) is 1. The Labute approximate surface area is 267 Å². The molecule has 2 fully saturated rings. The Bertz CT molecular complexity index is 1540. The molecular weight excluding hydrogens is 595 g/mol. The average Bonchev–Trinajstić information content (AvgIpc) is 2.97. The summed E-state index contributed by atoms with van der Waals surface area (Å²) in [6, 6.07) is 11.8. The Balaban J connectivity index is 1.14. The highest BCUT2D eigenvalue weighted by Crippen LogP contribution is 2.30. The molecule has 3 aromatic rings. The fraction of sp³-hybridized carbons (Fsp3) is 0.424. The van der Waals surface area contributed by atoms with E-state index in [9.17, 15) is 18.8 Å². The molecule has 10 nitrogen and oxygen atoms in total. The highest BCUT2D eigenvalue weighted by atomic mass is 32.2. The molecule has 2 aliphatic heterocycles. The second-order valence-corrected chi connectivity index (χ2v) is 13.8. The first kappa shape index (κ1) is 32.2. The summed E-state index contributed by atoms with van der Waals surface area (Å²) in [5.41, 5.74) is 0.291. The van der Waals surface area contributed by atoms with E-state index in [4.69, 9.17) is 4.74 Å². The molecule has 2 N–H and O–H groups in total. The van der Waals surface area contributed by atoms with Gasteiger partial charge in [0.25, 0.3) is 5.91 Å². The number of nitrogens with one attached hydrogen (secondary N) is 2. The lowest BCUT2D eigenvalue weighted by Crippen LogP contribution is -2.54. The van der Waals surface area contributed by atoms with Gasteiger partial charge in [-0.1, -0.05) is 17.8 Å². The summed E-state index contributed by atoms with van der Waals surface area (Å²) in [6.07, 6.45) is 5.37. The van der Waals surface area contributed by atoms with E-state index in [0.717, 1.165) is 36.6 Å². The lowest BCUT2D eigenvalue weighted by atomic mass is 9.90. The zero-order valence-corrected chi connectivity index (χ0v) is 26.9. The van der Waals surface area contributed by atoms with Gasteiger partial charge in [0.15, 0.2) is 0 Å². The van der Waals surface area contributed by atoms with Crippen LogP contribution in [0.2, 0.25) is 0 Å². The fourth-order valence-corrected chi connectivity index (χ4v) is 6.08. The number of benzene rings is 2. The predicted molar refractivity (Wildman–Crippen MR) is 173 cm³/mol. The van der Waals surface area contributed by atoms with Crippen LogP contribution in [-0.4, -0.2) is 65.1 Å². The molecule has 0 saturated carbocycles. The van der Waals surface area contributed by atoms with Crippen molar-refractivity contribution in [2.24, 2.45) is 0 Å². The monoisotopic (exact) mass is 634 g/mol. The Kier molecular flexibility index (Phi) is 9.62. The number of hydrogen-bond donors (Lipinski definition) is 2. The molecule has 0 unspecified atom stereocenters. The zero-order valence-electron chi connectivity index (χ0n) is 26.1. The number of amides is 2. The first-order valence-electron chi connectivity index (χ1n) is 15.1. The quantitative estimate of drug-likeness (QED) is 0.319.